The Kier molecular flexibility index (Phi) is 4.72. The number of rotatable bonds is 6. The van der Waals surface area contributed by atoms with Crippen molar-refractivity contribution in [2.45, 2.75) is 26.1 Å². The molecule has 0 aliphatic carbocycles. The van der Waals surface area contributed by atoms with E-state index in [1.807, 2.05) is 36.4 Å². The van der Waals surface area contributed by atoms with E-state index in [1.165, 1.54) is 0 Å². The molecule has 1 aromatic heterocycles. The number of methoxy groups -OCH3 is 1. The van der Waals surface area contributed by atoms with Crippen LogP contribution in [0.25, 0.3) is 11.5 Å². The fraction of sp³-hybridized carbons (Fsp3) is 0.263. The molecule has 0 fully saturated rings. The normalized spacial score (nSPS) is 11.4. The number of ether oxygens (including phenoxy) is 2. The van der Waals surface area contributed by atoms with Gasteiger partial charge in [0, 0.05) is 5.56 Å². The predicted molar refractivity (Wildman–Crippen MR) is 92.3 cm³/mol. The molecule has 0 aliphatic rings. The average molecular weight is 340 g/mol. The smallest absolute Gasteiger partial charge is 0.254 e. The summed E-state index contributed by atoms with van der Waals surface area (Å²) in [5.41, 5.74) is 0.756. The molecule has 0 unspecified atom stereocenters. The standard InChI is InChI=1S/C19H20N2O4/c1-19(2,22)14-6-10-16(11-7-14)24-12-17-20-21-18(25-17)13-4-8-15(23-3)9-5-13/h4-11,22H,12H2,1-3H3. The number of aromatic nitrogens is 2. The molecule has 0 amide bonds. The Hall–Kier alpha value is -2.86. The van der Waals surface area contributed by atoms with Gasteiger partial charge in [-0.2, -0.15) is 0 Å². The maximum atomic E-state index is 9.95. The summed E-state index contributed by atoms with van der Waals surface area (Å²) >= 11 is 0. The van der Waals surface area contributed by atoms with Gasteiger partial charge in [-0.1, -0.05) is 12.1 Å². The summed E-state index contributed by atoms with van der Waals surface area (Å²) in [7, 11) is 1.62. The summed E-state index contributed by atoms with van der Waals surface area (Å²) in [6.45, 7) is 3.65. The van der Waals surface area contributed by atoms with E-state index in [1.54, 1.807) is 33.1 Å². The minimum Gasteiger partial charge on any atom is -0.497 e. The van der Waals surface area contributed by atoms with Crippen LogP contribution in [0, 0.1) is 0 Å². The van der Waals surface area contributed by atoms with Crippen molar-refractivity contribution >= 4 is 0 Å². The van der Waals surface area contributed by atoms with Gasteiger partial charge in [0.1, 0.15) is 11.5 Å². The first kappa shape index (κ1) is 17.0. The number of aliphatic hydroxyl groups is 1. The molecular weight excluding hydrogens is 320 g/mol. The third kappa shape index (κ3) is 4.16. The molecule has 0 spiro atoms. The van der Waals surface area contributed by atoms with Crippen LogP contribution in [0.4, 0.5) is 0 Å². The quantitative estimate of drug-likeness (QED) is 0.739. The summed E-state index contributed by atoms with van der Waals surface area (Å²) in [5.74, 6) is 2.24. The van der Waals surface area contributed by atoms with Crippen molar-refractivity contribution in [1.82, 2.24) is 10.2 Å². The van der Waals surface area contributed by atoms with Gasteiger partial charge in [0.15, 0.2) is 6.61 Å². The number of nitrogens with zero attached hydrogens (tertiary/aromatic N) is 2. The Morgan fingerprint density at radius 2 is 1.60 bits per heavy atom. The third-order valence-electron chi connectivity index (χ3n) is 3.73. The Bertz CT molecular complexity index is 818. The first-order valence-corrected chi connectivity index (χ1v) is 7.88. The molecule has 0 radical (unpaired) electrons. The fourth-order valence-electron chi connectivity index (χ4n) is 2.27. The van der Waals surface area contributed by atoms with Crippen LogP contribution in [0.1, 0.15) is 25.3 Å². The highest BCUT2D eigenvalue weighted by atomic mass is 16.5. The van der Waals surface area contributed by atoms with Gasteiger partial charge in [-0.3, -0.25) is 0 Å². The maximum absolute atomic E-state index is 9.95. The number of hydrogen-bond donors (Lipinski definition) is 1. The van der Waals surface area contributed by atoms with Crippen LogP contribution in [0.2, 0.25) is 0 Å². The van der Waals surface area contributed by atoms with Crippen LogP contribution >= 0.6 is 0 Å². The van der Waals surface area contributed by atoms with Crippen molar-refractivity contribution in [3.05, 3.63) is 60.0 Å². The van der Waals surface area contributed by atoms with Gasteiger partial charge in [-0.05, 0) is 55.8 Å². The lowest BCUT2D eigenvalue weighted by Gasteiger charge is -2.17. The Labute approximate surface area is 146 Å². The first-order chi connectivity index (χ1) is 12.0. The van der Waals surface area contributed by atoms with Crippen LogP contribution < -0.4 is 9.47 Å². The average Bonchev–Trinajstić information content (AvgIpc) is 3.09. The van der Waals surface area contributed by atoms with Crippen LogP contribution in [-0.2, 0) is 12.2 Å². The van der Waals surface area contributed by atoms with Gasteiger partial charge in [0.05, 0.1) is 12.7 Å². The fourth-order valence-corrected chi connectivity index (χ4v) is 2.27. The van der Waals surface area contributed by atoms with Crippen LogP contribution in [-0.4, -0.2) is 22.4 Å². The molecule has 0 bridgehead atoms. The van der Waals surface area contributed by atoms with Crippen molar-refractivity contribution in [2.75, 3.05) is 7.11 Å². The van der Waals surface area contributed by atoms with Gasteiger partial charge in [0.25, 0.3) is 5.89 Å². The van der Waals surface area contributed by atoms with E-state index in [9.17, 15) is 5.11 Å². The van der Waals surface area contributed by atoms with Gasteiger partial charge in [-0.25, -0.2) is 0 Å². The molecule has 1 heterocycles. The second-order valence-electron chi connectivity index (χ2n) is 6.10. The Balaban J connectivity index is 1.63. The molecule has 0 saturated carbocycles. The highest BCUT2D eigenvalue weighted by Gasteiger charge is 2.15. The molecule has 3 rings (SSSR count). The van der Waals surface area contributed by atoms with E-state index >= 15 is 0 Å². The van der Waals surface area contributed by atoms with E-state index in [2.05, 4.69) is 10.2 Å². The van der Waals surface area contributed by atoms with E-state index in [0.29, 0.717) is 17.5 Å². The zero-order chi connectivity index (χ0) is 17.9. The molecule has 130 valence electrons. The van der Waals surface area contributed by atoms with E-state index in [0.717, 1.165) is 16.9 Å². The van der Waals surface area contributed by atoms with Crippen molar-refractivity contribution in [3.8, 4) is 23.0 Å². The highest BCUT2D eigenvalue weighted by Crippen LogP contribution is 2.24. The van der Waals surface area contributed by atoms with E-state index in [4.69, 9.17) is 13.9 Å². The SMILES string of the molecule is COc1ccc(-c2nnc(COc3ccc(C(C)(C)O)cc3)o2)cc1. The molecule has 1 N–H and O–H groups in total. The second kappa shape index (κ2) is 6.94. The second-order valence-corrected chi connectivity index (χ2v) is 6.10. The summed E-state index contributed by atoms with van der Waals surface area (Å²) < 4.78 is 16.4. The van der Waals surface area contributed by atoms with Crippen LogP contribution in [0.15, 0.2) is 52.9 Å². The lowest BCUT2D eigenvalue weighted by Crippen LogP contribution is -2.14. The molecule has 25 heavy (non-hydrogen) atoms. The van der Waals surface area contributed by atoms with Gasteiger partial charge < -0.3 is 19.0 Å². The van der Waals surface area contributed by atoms with Crippen molar-refractivity contribution in [3.63, 3.8) is 0 Å². The van der Waals surface area contributed by atoms with Crippen molar-refractivity contribution < 1.29 is 19.0 Å². The Morgan fingerprint density at radius 1 is 0.960 bits per heavy atom. The third-order valence-corrected chi connectivity index (χ3v) is 3.73. The zero-order valence-electron chi connectivity index (χ0n) is 14.4. The molecule has 0 aliphatic heterocycles. The summed E-state index contributed by atoms with van der Waals surface area (Å²) in [6.07, 6.45) is 0. The van der Waals surface area contributed by atoms with E-state index < -0.39 is 5.60 Å². The van der Waals surface area contributed by atoms with Crippen LogP contribution in [0.5, 0.6) is 11.5 Å². The van der Waals surface area contributed by atoms with Crippen molar-refractivity contribution in [2.24, 2.45) is 0 Å². The predicted octanol–water partition coefficient (Wildman–Crippen LogP) is 3.55. The molecular formula is C19H20N2O4. The summed E-state index contributed by atoms with van der Waals surface area (Å²) in [5, 5.41) is 18.0. The van der Waals surface area contributed by atoms with Gasteiger partial charge in [-0.15, -0.1) is 10.2 Å². The molecule has 3 aromatic rings. The van der Waals surface area contributed by atoms with Crippen LogP contribution in [0.3, 0.4) is 0 Å². The molecule has 6 nitrogen and oxygen atoms in total. The zero-order valence-corrected chi connectivity index (χ0v) is 14.4. The number of benzene rings is 2. The maximum Gasteiger partial charge on any atom is 0.254 e. The first-order valence-electron chi connectivity index (χ1n) is 7.88. The topological polar surface area (TPSA) is 77.6 Å². The lowest BCUT2D eigenvalue weighted by molar-refractivity contribution is 0.0785. The van der Waals surface area contributed by atoms with Gasteiger partial charge in [0.2, 0.25) is 5.89 Å². The van der Waals surface area contributed by atoms with E-state index in [-0.39, 0.29) is 6.61 Å². The van der Waals surface area contributed by atoms with Gasteiger partial charge >= 0.3 is 0 Å². The summed E-state index contributed by atoms with van der Waals surface area (Å²) in [6, 6.07) is 14.6. The minimum absolute atomic E-state index is 0.172. The lowest BCUT2D eigenvalue weighted by atomic mass is 9.99. The monoisotopic (exact) mass is 340 g/mol. The Morgan fingerprint density at radius 3 is 2.20 bits per heavy atom. The molecule has 2 aromatic carbocycles. The van der Waals surface area contributed by atoms with Crippen molar-refractivity contribution in [1.29, 1.82) is 0 Å². The molecule has 0 saturated heterocycles. The number of hydrogen-bond acceptors (Lipinski definition) is 6. The summed E-state index contributed by atoms with van der Waals surface area (Å²) in [4.78, 5) is 0. The highest BCUT2D eigenvalue weighted by molar-refractivity contribution is 5.53. The molecule has 6 heteroatoms. The minimum atomic E-state index is -0.877. The largest absolute Gasteiger partial charge is 0.497 e. The molecule has 0 atom stereocenters.